The van der Waals surface area contributed by atoms with Crippen molar-refractivity contribution in [3.05, 3.63) is 0 Å². The topological polar surface area (TPSA) is 55.4 Å². The highest BCUT2D eigenvalue weighted by Crippen LogP contribution is 2.26. The summed E-state index contributed by atoms with van der Waals surface area (Å²) in [4.78, 5) is 22.9. The minimum absolute atomic E-state index is 0.00995. The van der Waals surface area contributed by atoms with E-state index >= 15 is 0 Å². The number of rotatable bonds is 3. The van der Waals surface area contributed by atoms with Crippen LogP contribution in [0.1, 0.15) is 44.9 Å². The van der Waals surface area contributed by atoms with E-state index in [9.17, 15) is 9.59 Å². The molecule has 1 atom stereocenters. The van der Waals surface area contributed by atoms with Gasteiger partial charge in [0.25, 0.3) is 0 Å². The molecule has 2 aliphatic rings. The molecule has 1 aliphatic carbocycles. The third-order valence-corrected chi connectivity index (χ3v) is 3.47. The number of carbonyl (C=O) groups is 2. The number of ether oxygens (including phenoxy) is 1. The van der Waals surface area contributed by atoms with Gasteiger partial charge in [0.15, 0.2) is 0 Å². The van der Waals surface area contributed by atoms with E-state index in [1.165, 1.54) is 19.3 Å². The van der Waals surface area contributed by atoms with E-state index < -0.39 is 6.04 Å². The molecule has 0 radical (unpaired) electrons. The van der Waals surface area contributed by atoms with Gasteiger partial charge in [0.2, 0.25) is 5.91 Å². The molecule has 2 rings (SSSR count). The van der Waals surface area contributed by atoms with Crippen LogP contribution in [0, 0.1) is 5.92 Å². The third-order valence-electron chi connectivity index (χ3n) is 3.47. The first kappa shape index (κ1) is 11.4. The Bertz CT molecular complexity index is 271. The van der Waals surface area contributed by atoms with E-state index in [1.807, 2.05) is 0 Å². The molecule has 1 aliphatic heterocycles. The van der Waals surface area contributed by atoms with Crippen molar-refractivity contribution >= 4 is 11.9 Å². The van der Waals surface area contributed by atoms with Gasteiger partial charge in [0.05, 0.1) is 6.61 Å². The molecule has 90 valence electrons. The summed E-state index contributed by atoms with van der Waals surface area (Å²) in [6, 6.07) is -0.393. The molecule has 0 bridgehead atoms. The van der Waals surface area contributed by atoms with Crippen LogP contribution >= 0.6 is 0 Å². The predicted octanol–water partition coefficient (Wildman–Crippen LogP) is 1.39. The molecule has 2 fully saturated rings. The molecular formula is C12H19NO3. The minimum Gasteiger partial charge on any atom is -0.464 e. The fourth-order valence-corrected chi connectivity index (χ4v) is 2.53. The van der Waals surface area contributed by atoms with Crippen LogP contribution in [0.15, 0.2) is 0 Å². The smallest absolute Gasteiger partial charge is 0.328 e. The summed E-state index contributed by atoms with van der Waals surface area (Å²) >= 11 is 0. The van der Waals surface area contributed by atoms with Crippen LogP contribution in [0.3, 0.4) is 0 Å². The summed E-state index contributed by atoms with van der Waals surface area (Å²) in [5.74, 6) is 0.249. The zero-order valence-electron chi connectivity index (χ0n) is 9.54. The van der Waals surface area contributed by atoms with Crippen LogP contribution in [0.5, 0.6) is 0 Å². The Labute approximate surface area is 95.7 Å². The first-order chi connectivity index (χ1) is 7.75. The van der Waals surface area contributed by atoms with Gasteiger partial charge in [-0.2, -0.15) is 0 Å². The van der Waals surface area contributed by atoms with Crippen molar-refractivity contribution in [2.45, 2.75) is 51.0 Å². The van der Waals surface area contributed by atoms with E-state index in [1.54, 1.807) is 0 Å². The summed E-state index contributed by atoms with van der Waals surface area (Å²) in [5.41, 5.74) is 0. The van der Waals surface area contributed by atoms with Gasteiger partial charge in [-0.05, 0) is 18.8 Å². The Morgan fingerprint density at radius 2 is 2.00 bits per heavy atom. The van der Waals surface area contributed by atoms with Crippen molar-refractivity contribution in [1.29, 1.82) is 0 Å². The maximum Gasteiger partial charge on any atom is 0.328 e. The SMILES string of the molecule is O=C(CC1CCCCC1)N[C@H]1CCOC1=O. The zero-order valence-corrected chi connectivity index (χ0v) is 9.54. The van der Waals surface area contributed by atoms with Gasteiger partial charge in [-0.15, -0.1) is 0 Å². The standard InChI is InChI=1S/C12H19NO3/c14-11(8-9-4-2-1-3-5-9)13-10-6-7-16-12(10)15/h9-10H,1-8H2,(H,13,14)/t10-/m0/s1. The number of hydrogen-bond acceptors (Lipinski definition) is 3. The number of amides is 1. The molecule has 4 heteroatoms. The van der Waals surface area contributed by atoms with E-state index in [-0.39, 0.29) is 11.9 Å². The van der Waals surface area contributed by atoms with Gasteiger partial charge in [-0.3, -0.25) is 4.79 Å². The molecule has 0 aromatic carbocycles. The molecule has 0 aromatic heterocycles. The minimum atomic E-state index is -0.393. The Kier molecular flexibility index (Phi) is 3.80. The molecule has 0 aromatic rings. The van der Waals surface area contributed by atoms with Crippen molar-refractivity contribution < 1.29 is 14.3 Å². The number of esters is 1. The molecular weight excluding hydrogens is 206 g/mol. The molecule has 0 spiro atoms. The van der Waals surface area contributed by atoms with Gasteiger partial charge < -0.3 is 10.1 Å². The normalized spacial score (nSPS) is 26.5. The quantitative estimate of drug-likeness (QED) is 0.738. The largest absolute Gasteiger partial charge is 0.464 e. The van der Waals surface area contributed by atoms with E-state index in [2.05, 4.69) is 5.32 Å². The number of carbonyl (C=O) groups excluding carboxylic acids is 2. The highest BCUT2D eigenvalue weighted by Gasteiger charge is 2.28. The lowest BCUT2D eigenvalue weighted by Crippen LogP contribution is -2.38. The van der Waals surface area contributed by atoms with Crippen LogP contribution in [-0.2, 0) is 14.3 Å². The Hall–Kier alpha value is -1.06. The molecule has 1 N–H and O–H groups in total. The third kappa shape index (κ3) is 2.97. The summed E-state index contributed by atoms with van der Waals surface area (Å²) in [7, 11) is 0. The number of hydrogen-bond donors (Lipinski definition) is 1. The van der Waals surface area contributed by atoms with Crippen molar-refractivity contribution in [2.75, 3.05) is 6.61 Å². The summed E-state index contributed by atoms with van der Waals surface area (Å²) in [6.45, 7) is 0.438. The second-order valence-corrected chi connectivity index (χ2v) is 4.78. The van der Waals surface area contributed by atoms with Crippen molar-refractivity contribution in [1.82, 2.24) is 5.32 Å². The predicted molar refractivity (Wildman–Crippen MR) is 58.7 cm³/mol. The summed E-state index contributed by atoms with van der Waals surface area (Å²) < 4.78 is 4.80. The second-order valence-electron chi connectivity index (χ2n) is 4.78. The highest BCUT2D eigenvalue weighted by atomic mass is 16.5. The monoisotopic (exact) mass is 225 g/mol. The van der Waals surface area contributed by atoms with Crippen molar-refractivity contribution in [2.24, 2.45) is 5.92 Å². The molecule has 1 amide bonds. The summed E-state index contributed by atoms with van der Waals surface area (Å²) in [6.07, 6.45) is 7.28. The average molecular weight is 225 g/mol. The van der Waals surface area contributed by atoms with Crippen LogP contribution in [-0.4, -0.2) is 24.5 Å². The van der Waals surface area contributed by atoms with Gasteiger partial charge in [-0.25, -0.2) is 4.79 Å². The van der Waals surface area contributed by atoms with Crippen LogP contribution < -0.4 is 5.32 Å². The zero-order chi connectivity index (χ0) is 11.4. The van der Waals surface area contributed by atoms with Crippen LogP contribution in [0.4, 0.5) is 0 Å². The maximum absolute atomic E-state index is 11.7. The molecule has 1 saturated carbocycles. The highest BCUT2D eigenvalue weighted by molar-refractivity contribution is 5.85. The van der Waals surface area contributed by atoms with Crippen molar-refractivity contribution in [3.63, 3.8) is 0 Å². The van der Waals surface area contributed by atoms with E-state index in [0.29, 0.717) is 25.4 Å². The fraction of sp³-hybridized carbons (Fsp3) is 0.833. The van der Waals surface area contributed by atoms with Crippen LogP contribution in [0.2, 0.25) is 0 Å². The first-order valence-electron chi connectivity index (χ1n) is 6.21. The molecule has 0 unspecified atom stereocenters. The molecule has 1 saturated heterocycles. The van der Waals surface area contributed by atoms with Gasteiger partial charge in [0, 0.05) is 12.8 Å². The van der Waals surface area contributed by atoms with Crippen molar-refractivity contribution in [3.8, 4) is 0 Å². The Balaban J connectivity index is 1.72. The first-order valence-corrected chi connectivity index (χ1v) is 6.21. The lowest BCUT2D eigenvalue weighted by Gasteiger charge is -2.21. The molecule has 4 nitrogen and oxygen atoms in total. The lowest BCUT2D eigenvalue weighted by molar-refractivity contribution is -0.141. The van der Waals surface area contributed by atoms with Gasteiger partial charge in [0.1, 0.15) is 6.04 Å². The van der Waals surface area contributed by atoms with E-state index in [0.717, 1.165) is 12.8 Å². The number of cyclic esters (lactones) is 1. The summed E-state index contributed by atoms with van der Waals surface area (Å²) in [5, 5.41) is 2.76. The van der Waals surface area contributed by atoms with Gasteiger partial charge in [-0.1, -0.05) is 19.3 Å². The van der Waals surface area contributed by atoms with Gasteiger partial charge >= 0.3 is 5.97 Å². The molecule has 16 heavy (non-hydrogen) atoms. The average Bonchev–Trinajstić information content (AvgIpc) is 2.66. The van der Waals surface area contributed by atoms with Crippen LogP contribution in [0.25, 0.3) is 0 Å². The maximum atomic E-state index is 11.7. The number of nitrogens with one attached hydrogen (secondary N) is 1. The lowest BCUT2D eigenvalue weighted by atomic mass is 9.87. The molecule has 1 heterocycles. The Morgan fingerprint density at radius 3 is 2.62 bits per heavy atom. The fourth-order valence-electron chi connectivity index (χ4n) is 2.53. The second kappa shape index (κ2) is 5.32. The van der Waals surface area contributed by atoms with E-state index in [4.69, 9.17) is 4.74 Å². The Morgan fingerprint density at radius 1 is 1.25 bits per heavy atom.